The van der Waals surface area contributed by atoms with Crippen LogP contribution in [0.5, 0.6) is 0 Å². The number of rotatable bonds is 5. The summed E-state index contributed by atoms with van der Waals surface area (Å²) in [5, 5.41) is 2.46. The SMILES string of the molecule is COCCN1C[C@H]2CC[C@@H]1CN(Cc1cccc3c1oc1ccccc13)C2. The highest BCUT2D eigenvalue weighted by Crippen LogP contribution is 2.33. The lowest BCUT2D eigenvalue weighted by Crippen LogP contribution is -2.45. The number of hydrogen-bond donors (Lipinski definition) is 0. The lowest BCUT2D eigenvalue weighted by Gasteiger charge is -2.35. The van der Waals surface area contributed by atoms with Crippen LogP contribution in [0.1, 0.15) is 18.4 Å². The molecule has 0 spiro atoms. The predicted octanol–water partition coefficient (Wildman–Crippen LogP) is 4.13. The molecule has 2 bridgehead atoms. The van der Waals surface area contributed by atoms with Crippen molar-refractivity contribution >= 4 is 21.9 Å². The van der Waals surface area contributed by atoms with Crippen molar-refractivity contribution in [2.24, 2.45) is 5.92 Å². The number of para-hydroxylation sites is 2. The first-order valence-corrected chi connectivity index (χ1v) is 10.2. The first kappa shape index (κ1) is 17.2. The van der Waals surface area contributed by atoms with E-state index in [1.54, 1.807) is 7.11 Å². The number of piperidine rings is 1. The van der Waals surface area contributed by atoms with E-state index < -0.39 is 0 Å². The Morgan fingerprint density at radius 2 is 1.89 bits per heavy atom. The summed E-state index contributed by atoms with van der Waals surface area (Å²) in [6.07, 6.45) is 2.68. The molecule has 27 heavy (non-hydrogen) atoms. The maximum atomic E-state index is 6.25. The van der Waals surface area contributed by atoms with Crippen LogP contribution in [-0.2, 0) is 11.3 Å². The van der Waals surface area contributed by atoms with E-state index in [4.69, 9.17) is 9.15 Å². The standard InChI is InChI=1S/C23H28N2O2/c1-26-12-11-25-14-17-9-10-19(25)16-24(13-17)15-18-5-4-7-21-20-6-2-3-8-22(20)27-23(18)21/h2-8,17,19H,9-16H2,1H3/t17-,19+/m0/s1. The molecule has 4 heterocycles. The van der Waals surface area contributed by atoms with E-state index in [1.165, 1.54) is 42.3 Å². The largest absolute Gasteiger partial charge is 0.456 e. The number of nitrogens with zero attached hydrogens (tertiary/aromatic N) is 2. The molecule has 142 valence electrons. The number of furan rings is 1. The molecule has 1 aromatic heterocycles. The van der Waals surface area contributed by atoms with Gasteiger partial charge in [0.05, 0.1) is 6.61 Å². The fraction of sp³-hybridized carbons (Fsp3) is 0.478. The maximum Gasteiger partial charge on any atom is 0.139 e. The Balaban J connectivity index is 1.41. The van der Waals surface area contributed by atoms with Gasteiger partial charge in [0.1, 0.15) is 11.2 Å². The summed E-state index contributed by atoms with van der Waals surface area (Å²) in [4.78, 5) is 5.30. The molecule has 6 rings (SSSR count). The summed E-state index contributed by atoms with van der Waals surface area (Å²) in [5.41, 5.74) is 3.36. The van der Waals surface area contributed by atoms with Gasteiger partial charge in [0.2, 0.25) is 0 Å². The third-order valence-electron chi connectivity index (χ3n) is 6.36. The Hall–Kier alpha value is -1.88. The Labute approximate surface area is 160 Å². The topological polar surface area (TPSA) is 28.9 Å². The summed E-state index contributed by atoms with van der Waals surface area (Å²) in [7, 11) is 1.80. The van der Waals surface area contributed by atoms with Gasteiger partial charge < -0.3 is 9.15 Å². The van der Waals surface area contributed by atoms with Crippen LogP contribution < -0.4 is 0 Å². The molecule has 3 aromatic rings. The van der Waals surface area contributed by atoms with E-state index in [-0.39, 0.29) is 0 Å². The second-order valence-corrected chi connectivity index (χ2v) is 8.17. The highest BCUT2D eigenvalue weighted by molar-refractivity contribution is 6.05. The predicted molar refractivity (Wildman–Crippen MR) is 109 cm³/mol. The summed E-state index contributed by atoms with van der Waals surface area (Å²) >= 11 is 0. The highest BCUT2D eigenvalue weighted by Gasteiger charge is 2.34. The number of fused-ring (bicyclic) bond motifs is 7. The fourth-order valence-corrected chi connectivity index (χ4v) is 5.06. The Kier molecular flexibility index (Phi) is 4.64. The molecule has 0 aliphatic carbocycles. The lowest BCUT2D eigenvalue weighted by atomic mass is 9.95. The number of benzene rings is 2. The number of ether oxygens (including phenoxy) is 1. The van der Waals surface area contributed by atoms with Crippen LogP contribution in [0.25, 0.3) is 21.9 Å². The minimum absolute atomic E-state index is 0.661. The van der Waals surface area contributed by atoms with Crippen LogP contribution in [0.3, 0.4) is 0 Å². The molecule has 3 saturated heterocycles. The third kappa shape index (κ3) is 3.27. The molecule has 0 saturated carbocycles. The monoisotopic (exact) mass is 364 g/mol. The molecule has 0 N–H and O–H groups in total. The van der Waals surface area contributed by atoms with Crippen molar-refractivity contribution < 1.29 is 9.15 Å². The first-order valence-electron chi connectivity index (χ1n) is 10.2. The van der Waals surface area contributed by atoms with E-state index in [9.17, 15) is 0 Å². The molecule has 0 radical (unpaired) electrons. The van der Waals surface area contributed by atoms with Crippen molar-refractivity contribution in [3.8, 4) is 0 Å². The molecule has 3 aliphatic heterocycles. The van der Waals surface area contributed by atoms with Gasteiger partial charge in [0.15, 0.2) is 0 Å². The zero-order valence-corrected chi connectivity index (χ0v) is 16.1. The van der Waals surface area contributed by atoms with Gasteiger partial charge in [-0.05, 0) is 24.8 Å². The molecule has 2 aromatic carbocycles. The van der Waals surface area contributed by atoms with Gasteiger partial charge >= 0.3 is 0 Å². The second-order valence-electron chi connectivity index (χ2n) is 8.17. The normalized spacial score (nSPS) is 24.0. The molecular weight excluding hydrogens is 336 g/mol. The van der Waals surface area contributed by atoms with E-state index >= 15 is 0 Å². The molecule has 3 aliphatic rings. The Morgan fingerprint density at radius 1 is 1.00 bits per heavy atom. The Bertz CT molecular complexity index is 934. The summed E-state index contributed by atoms with van der Waals surface area (Å²) < 4.78 is 11.6. The molecule has 4 nitrogen and oxygen atoms in total. The minimum atomic E-state index is 0.661. The van der Waals surface area contributed by atoms with Gasteiger partial charge in [-0.2, -0.15) is 0 Å². The van der Waals surface area contributed by atoms with Crippen LogP contribution in [0.2, 0.25) is 0 Å². The van der Waals surface area contributed by atoms with E-state index in [0.717, 1.165) is 43.3 Å². The molecular formula is C23H28N2O2. The zero-order valence-electron chi connectivity index (χ0n) is 16.1. The molecule has 0 unspecified atom stereocenters. The van der Waals surface area contributed by atoms with Gasteiger partial charge in [-0.1, -0.05) is 36.4 Å². The fourth-order valence-electron chi connectivity index (χ4n) is 5.06. The van der Waals surface area contributed by atoms with Crippen molar-refractivity contribution in [3.63, 3.8) is 0 Å². The number of hydrogen-bond acceptors (Lipinski definition) is 4. The van der Waals surface area contributed by atoms with Crippen molar-refractivity contribution in [2.45, 2.75) is 25.4 Å². The van der Waals surface area contributed by atoms with Crippen LogP contribution in [0, 0.1) is 5.92 Å². The molecule has 0 amide bonds. The molecule has 2 atom stereocenters. The van der Waals surface area contributed by atoms with Crippen molar-refractivity contribution in [3.05, 3.63) is 48.0 Å². The smallest absolute Gasteiger partial charge is 0.139 e. The minimum Gasteiger partial charge on any atom is -0.456 e. The van der Waals surface area contributed by atoms with Crippen LogP contribution in [0.15, 0.2) is 46.9 Å². The summed E-state index contributed by atoms with van der Waals surface area (Å²) in [6, 6.07) is 15.6. The molecule has 3 fully saturated rings. The highest BCUT2D eigenvalue weighted by atomic mass is 16.5. The van der Waals surface area contributed by atoms with Crippen molar-refractivity contribution in [1.29, 1.82) is 0 Å². The van der Waals surface area contributed by atoms with Gasteiger partial charge in [0.25, 0.3) is 0 Å². The van der Waals surface area contributed by atoms with Crippen LogP contribution >= 0.6 is 0 Å². The van der Waals surface area contributed by atoms with Crippen molar-refractivity contribution in [1.82, 2.24) is 9.80 Å². The first-order chi connectivity index (χ1) is 13.3. The average Bonchev–Trinajstić information content (AvgIpc) is 2.85. The summed E-state index contributed by atoms with van der Waals surface area (Å²) in [6.45, 7) is 6.43. The van der Waals surface area contributed by atoms with E-state index in [2.05, 4.69) is 46.2 Å². The Morgan fingerprint density at radius 3 is 2.81 bits per heavy atom. The van der Waals surface area contributed by atoms with Gasteiger partial charge in [-0.15, -0.1) is 0 Å². The van der Waals surface area contributed by atoms with Gasteiger partial charge in [-0.3, -0.25) is 9.80 Å². The number of methoxy groups -OCH3 is 1. The van der Waals surface area contributed by atoms with Gasteiger partial charge in [0, 0.05) is 62.2 Å². The quantitative estimate of drug-likeness (QED) is 0.681. The molecule has 4 heteroatoms. The summed E-state index contributed by atoms with van der Waals surface area (Å²) in [5.74, 6) is 0.774. The maximum absolute atomic E-state index is 6.25. The van der Waals surface area contributed by atoms with Crippen LogP contribution in [0.4, 0.5) is 0 Å². The average molecular weight is 364 g/mol. The zero-order chi connectivity index (χ0) is 18.2. The van der Waals surface area contributed by atoms with Gasteiger partial charge in [-0.25, -0.2) is 0 Å². The second kappa shape index (κ2) is 7.27. The van der Waals surface area contributed by atoms with Crippen LogP contribution in [-0.4, -0.2) is 55.7 Å². The van der Waals surface area contributed by atoms with E-state index in [1.807, 2.05) is 6.07 Å². The third-order valence-corrected chi connectivity index (χ3v) is 6.36. The van der Waals surface area contributed by atoms with Crippen molar-refractivity contribution in [2.75, 3.05) is 39.9 Å². The van der Waals surface area contributed by atoms with E-state index in [0.29, 0.717) is 6.04 Å². The lowest BCUT2D eigenvalue weighted by molar-refractivity contribution is 0.0867.